The number of rotatable bonds is 5. The number of amides is 1. The van der Waals surface area contributed by atoms with E-state index in [1.54, 1.807) is 7.05 Å². The molecular formula is C8H12ClN3O3S. The molecule has 0 fully saturated rings. The number of carbonyl (C=O) groups excluding carboxylic acids is 1. The number of likely N-dealkylation sites (N-methyl/N-ethyl adjacent to an activating group) is 1. The Bertz CT molecular complexity index is 369. The second kappa shape index (κ2) is 7.15. The average Bonchev–Trinajstić information content (AvgIpc) is 2.66. The summed E-state index contributed by atoms with van der Waals surface area (Å²) in [5.41, 5.74) is 0.336. The Hall–Kier alpha value is -1.18. The lowest BCUT2D eigenvalue weighted by Gasteiger charge is -2.01. The first-order valence-corrected chi connectivity index (χ1v) is 5.19. The third kappa shape index (κ3) is 4.13. The minimum absolute atomic E-state index is 0. The van der Waals surface area contributed by atoms with Crippen molar-refractivity contribution in [2.24, 2.45) is 0 Å². The summed E-state index contributed by atoms with van der Waals surface area (Å²) in [5.74, 6) is -0.283. The van der Waals surface area contributed by atoms with Crippen LogP contribution in [0.25, 0.3) is 0 Å². The standard InChI is InChI=1S/C8H11N3O3S.ClH/c1-9-2-3-10-8(12)6-4-7(11(13)14)15-5-6;/h4-5,9H,2-3H2,1H3,(H,10,12);1H. The van der Waals surface area contributed by atoms with E-state index < -0.39 is 4.92 Å². The zero-order valence-corrected chi connectivity index (χ0v) is 10.2. The van der Waals surface area contributed by atoms with E-state index in [9.17, 15) is 14.9 Å². The van der Waals surface area contributed by atoms with Crippen molar-refractivity contribution in [2.75, 3.05) is 20.1 Å². The van der Waals surface area contributed by atoms with Gasteiger partial charge in [-0.2, -0.15) is 0 Å². The lowest BCUT2D eigenvalue weighted by Crippen LogP contribution is -2.30. The van der Waals surface area contributed by atoms with Crippen molar-refractivity contribution >= 4 is 34.7 Å². The zero-order valence-electron chi connectivity index (χ0n) is 8.56. The molecule has 6 nitrogen and oxygen atoms in total. The van der Waals surface area contributed by atoms with Gasteiger partial charge in [-0.1, -0.05) is 11.3 Å². The summed E-state index contributed by atoms with van der Waals surface area (Å²) < 4.78 is 0. The topological polar surface area (TPSA) is 84.3 Å². The molecule has 1 aromatic heterocycles. The van der Waals surface area contributed by atoms with Gasteiger partial charge in [0.15, 0.2) is 0 Å². The monoisotopic (exact) mass is 265 g/mol. The van der Waals surface area contributed by atoms with E-state index in [-0.39, 0.29) is 23.3 Å². The van der Waals surface area contributed by atoms with E-state index in [1.165, 1.54) is 11.4 Å². The third-order valence-electron chi connectivity index (χ3n) is 1.69. The molecule has 0 saturated carbocycles. The molecular weight excluding hydrogens is 254 g/mol. The van der Waals surface area contributed by atoms with Crippen LogP contribution < -0.4 is 10.6 Å². The Morgan fingerprint density at radius 2 is 2.25 bits per heavy atom. The Balaban J connectivity index is 0.00000225. The first kappa shape index (κ1) is 14.8. The Labute approximate surface area is 103 Å². The van der Waals surface area contributed by atoms with Gasteiger partial charge < -0.3 is 10.6 Å². The predicted octanol–water partition coefficient (Wildman–Crippen LogP) is 1.03. The van der Waals surface area contributed by atoms with Gasteiger partial charge in [0.05, 0.1) is 10.5 Å². The maximum absolute atomic E-state index is 11.4. The molecule has 90 valence electrons. The highest BCUT2D eigenvalue weighted by Gasteiger charge is 2.14. The molecule has 0 aromatic carbocycles. The first-order chi connectivity index (χ1) is 7.15. The van der Waals surface area contributed by atoms with E-state index in [1.807, 2.05) is 0 Å². The molecule has 8 heteroatoms. The summed E-state index contributed by atoms with van der Waals surface area (Å²) in [6, 6.07) is 1.28. The van der Waals surface area contributed by atoms with Crippen LogP contribution >= 0.6 is 23.7 Å². The second-order valence-electron chi connectivity index (χ2n) is 2.79. The quantitative estimate of drug-likeness (QED) is 0.473. The number of halogens is 1. The Kier molecular flexibility index (Phi) is 6.63. The Morgan fingerprint density at radius 1 is 1.56 bits per heavy atom. The SMILES string of the molecule is CNCCNC(=O)c1csc([N+](=O)[O-])c1.Cl. The van der Waals surface area contributed by atoms with Gasteiger partial charge >= 0.3 is 5.00 Å². The van der Waals surface area contributed by atoms with Crippen molar-refractivity contribution in [3.63, 3.8) is 0 Å². The van der Waals surface area contributed by atoms with Crippen molar-refractivity contribution in [1.29, 1.82) is 0 Å². The van der Waals surface area contributed by atoms with Gasteiger partial charge in [0.2, 0.25) is 0 Å². The summed E-state index contributed by atoms with van der Waals surface area (Å²) in [5, 5.41) is 17.3. The maximum Gasteiger partial charge on any atom is 0.324 e. The maximum atomic E-state index is 11.4. The van der Waals surface area contributed by atoms with Crippen LogP contribution in [0.1, 0.15) is 10.4 Å². The van der Waals surface area contributed by atoms with E-state index in [0.29, 0.717) is 18.7 Å². The second-order valence-corrected chi connectivity index (χ2v) is 3.68. The summed E-state index contributed by atoms with van der Waals surface area (Å²) >= 11 is 0.950. The van der Waals surface area contributed by atoms with E-state index in [4.69, 9.17) is 0 Å². The highest BCUT2D eigenvalue weighted by molar-refractivity contribution is 7.13. The van der Waals surface area contributed by atoms with Gasteiger partial charge in [0.25, 0.3) is 5.91 Å². The van der Waals surface area contributed by atoms with Crippen LogP contribution in [-0.4, -0.2) is 31.0 Å². The highest BCUT2D eigenvalue weighted by Crippen LogP contribution is 2.22. The van der Waals surface area contributed by atoms with Crippen molar-refractivity contribution in [2.45, 2.75) is 0 Å². The number of hydrogen-bond acceptors (Lipinski definition) is 5. The van der Waals surface area contributed by atoms with Crippen LogP contribution in [0, 0.1) is 10.1 Å². The molecule has 16 heavy (non-hydrogen) atoms. The summed E-state index contributed by atoms with van der Waals surface area (Å²) in [7, 11) is 1.78. The number of nitrogens with one attached hydrogen (secondary N) is 2. The number of hydrogen-bond donors (Lipinski definition) is 2. The van der Waals surface area contributed by atoms with Gasteiger partial charge in [-0.3, -0.25) is 14.9 Å². The molecule has 0 unspecified atom stereocenters. The fraction of sp³-hybridized carbons (Fsp3) is 0.375. The van der Waals surface area contributed by atoms with Gasteiger partial charge in [-0.25, -0.2) is 0 Å². The van der Waals surface area contributed by atoms with Crippen LogP contribution in [-0.2, 0) is 0 Å². The minimum atomic E-state index is -0.505. The number of nitro groups is 1. The predicted molar refractivity (Wildman–Crippen MR) is 64.5 cm³/mol. The molecule has 0 bridgehead atoms. The first-order valence-electron chi connectivity index (χ1n) is 4.31. The molecule has 0 atom stereocenters. The van der Waals surface area contributed by atoms with Crippen LogP contribution in [0.2, 0.25) is 0 Å². The van der Waals surface area contributed by atoms with Crippen LogP contribution in [0.15, 0.2) is 11.4 Å². The average molecular weight is 266 g/mol. The van der Waals surface area contributed by atoms with Crippen LogP contribution in [0.5, 0.6) is 0 Å². The molecule has 0 saturated heterocycles. The molecule has 1 heterocycles. The lowest BCUT2D eigenvalue weighted by molar-refractivity contribution is -0.380. The van der Waals surface area contributed by atoms with E-state index in [0.717, 1.165) is 11.3 Å². The third-order valence-corrected chi connectivity index (χ3v) is 2.57. The minimum Gasteiger partial charge on any atom is -0.351 e. The van der Waals surface area contributed by atoms with Crippen molar-refractivity contribution in [3.8, 4) is 0 Å². The molecule has 0 aliphatic carbocycles. The van der Waals surface area contributed by atoms with E-state index >= 15 is 0 Å². The number of thiophene rings is 1. The summed E-state index contributed by atoms with van der Waals surface area (Å²) in [6.45, 7) is 1.16. The van der Waals surface area contributed by atoms with Crippen LogP contribution in [0.3, 0.4) is 0 Å². The molecule has 0 aliphatic rings. The zero-order chi connectivity index (χ0) is 11.3. The normalized spacial score (nSPS) is 9.31. The Morgan fingerprint density at radius 3 is 2.75 bits per heavy atom. The highest BCUT2D eigenvalue weighted by atomic mass is 35.5. The molecule has 0 aliphatic heterocycles. The largest absolute Gasteiger partial charge is 0.351 e. The lowest BCUT2D eigenvalue weighted by atomic mass is 10.3. The van der Waals surface area contributed by atoms with Crippen molar-refractivity contribution in [1.82, 2.24) is 10.6 Å². The smallest absolute Gasteiger partial charge is 0.324 e. The van der Waals surface area contributed by atoms with Crippen LogP contribution in [0.4, 0.5) is 5.00 Å². The molecule has 1 amide bonds. The van der Waals surface area contributed by atoms with Gasteiger partial charge in [-0.05, 0) is 7.05 Å². The number of carbonyl (C=O) groups is 1. The van der Waals surface area contributed by atoms with E-state index in [2.05, 4.69) is 10.6 Å². The van der Waals surface area contributed by atoms with Gasteiger partial charge in [0.1, 0.15) is 0 Å². The molecule has 1 aromatic rings. The van der Waals surface area contributed by atoms with Gasteiger partial charge in [-0.15, -0.1) is 12.4 Å². The van der Waals surface area contributed by atoms with Crippen molar-refractivity contribution < 1.29 is 9.72 Å². The molecule has 0 radical (unpaired) electrons. The fourth-order valence-electron chi connectivity index (χ4n) is 0.943. The summed E-state index contributed by atoms with van der Waals surface area (Å²) in [4.78, 5) is 21.3. The molecule has 2 N–H and O–H groups in total. The summed E-state index contributed by atoms with van der Waals surface area (Å²) in [6.07, 6.45) is 0. The molecule has 0 spiro atoms. The fourth-order valence-corrected chi connectivity index (χ4v) is 1.65. The van der Waals surface area contributed by atoms with Gasteiger partial charge in [0, 0.05) is 24.5 Å². The molecule has 1 rings (SSSR count). The van der Waals surface area contributed by atoms with Crippen molar-refractivity contribution in [3.05, 3.63) is 27.1 Å². The number of nitrogens with zero attached hydrogens (tertiary/aromatic N) is 1.